The van der Waals surface area contributed by atoms with Gasteiger partial charge in [0.2, 0.25) is 0 Å². The van der Waals surface area contributed by atoms with Crippen molar-refractivity contribution in [2.45, 2.75) is 65.7 Å². The van der Waals surface area contributed by atoms with Gasteiger partial charge in [-0.15, -0.1) is 0 Å². The second kappa shape index (κ2) is 7.95. The Bertz CT molecular complexity index is 990. The number of hydrogen-bond donors (Lipinski definition) is 1. The third-order valence-corrected chi connectivity index (χ3v) is 6.12. The number of hydrogen-bond acceptors (Lipinski definition) is 1. The van der Waals surface area contributed by atoms with Crippen molar-refractivity contribution in [3.63, 3.8) is 0 Å². The second-order valence-corrected chi connectivity index (χ2v) is 10.9. The van der Waals surface area contributed by atoms with Gasteiger partial charge in [0, 0.05) is 16.5 Å². The van der Waals surface area contributed by atoms with Crippen molar-refractivity contribution in [2.75, 3.05) is 0 Å². The van der Waals surface area contributed by atoms with Gasteiger partial charge in [0.1, 0.15) is 5.75 Å². The van der Waals surface area contributed by atoms with Crippen LogP contribution in [0.2, 0.25) is 0 Å². The van der Waals surface area contributed by atoms with Gasteiger partial charge >= 0.3 is 0 Å². The molecule has 1 N–H and O–H groups in total. The molecule has 3 aromatic carbocycles. The predicted octanol–water partition coefficient (Wildman–Crippen LogP) is 8.10. The lowest BCUT2D eigenvalue weighted by Gasteiger charge is -2.35. The van der Waals surface area contributed by atoms with Crippen LogP contribution in [0.15, 0.2) is 72.8 Å². The Morgan fingerprint density at radius 2 is 1.20 bits per heavy atom. The summed E-state index contributed by atoms with van der Waals surface area (Å²) in [5.41, 5.74) is 5.29. The SMILES string of the molecule is CC(C)(C)CC(C)(C)c1cc(-c2ccccc2)c(O)c(C(C)(C)c2ccccc2)c1. The molecule has 0 aromatic heterocycles. The molecule has 0 bridgehead atoms. The van der Waals surface area contributed by atoms with E-state index in [0.29, 0.717) is 5.75 Å². The Labute approximate surface area is 182 Å². The summed E-state index contributed by atoms with van der Waals surface area (Å²) in [6, 6.07) is 25.1. The van der Waals surface area contributed by atoms with E-state index in [0.717, 1.165) is 23.1 Å². The van der Waals surface area contributed by atoms with Crippen LogP contribution in [0.25, 0.3) is 11.1 Å². The first kappa shape index (κ1) is 22.2. The minimum atomic E-state index is -0.317. The van der Waals surface area contributed by atoms with Gasteiger partial charge in [0.25, 0.3) is 0 Å². The quantitative estimate of drug-likeness (QED) is 0.458. The number of aromatic hydroxyl groups is 1. The fourth-order valence-electron chi connectivity index (χ4n) is 4.78. The standard InChI is InChI=1S/C29H36O/c1-27(2,3)20-28(4,5)23-18-24(21-14-10-8-11-15-21)26(30)25(19-23)29(6,7)22-16-12-9-13-17-22/h8-19,30H,20H2,1-7H3. The van der Waals surface area contributed by atoms with E-state index in [-0.39, 0.29) is 16.2 Å². The first-order valence-electron chi connectivity index (χ1n) is 10.9. The molecule has 0 heterocycles. The molecule has 0 radical (unpaired) electrons. The lowest BCUT2D eigenvalue weighted by molar-refractivity contribution is 0.283. The Morgan fingerprint density at radius 3 is 1.73 bits per heavy atom. The van der Waals surface area contributed by atoms with E-state index in [4.69, 9.17) is 0 Å². The summed E-state index contributed by atoms with van der Waals surface area (Å²) in [7, 11) is 0. The number of phenolic OH excluding ortho intramolecular Hbond substituents is 1. The number of benzene rings is 3. The Balaban J connectivity index is 2.27. The van der Waals surface area contributed by atoms with E-state index in [1.807, 2.05) is 24.3 Å². The highest BCUT2D eigenvalue weighted by Gasteiger charge is 2.33. The van der Waals surface area contributed by atoms with Crippen LogP contribution < -0.4 is 0 Å². The summed E-state index contributed by atoms with van der Waals surface area (Å²) in [6.07, 6.45) is 1.06. The molecule has 1 nitrogen and oxygen atoms in total. The molecule has 0 amide bonds. The van der Waals surface area contributed by atoms with Gasteiger partial charge in [-0.1, -0.05) is 115 Å². The van der Waals surface area contributed by atoms with E-state index < -0.39 is 0 Å². The van der Waals surface area contributed by atoms with E-state index in [1.165, 1.54) is 11.1 Å². The second-order valence-electron chi connectivity index (χ2n) is 10.9. The third kappa shape index (κ3) is 4.61. The van der Waals surface area contributed by atoms with Gasteiger partial charge in [-0.2, -0.15) is 0 Å². The van der Waals surface area contributed by atoms with Crippen molar-refractivity contribution in [1.82, 2.24) is 0 Å². The van der Waals surface area contributed by atoms with Gasteiger partial charge in [-0.25, -0.2) is 0 Å². The molecule has 0 unspecified atom stereocenters. The van der Waals surface area contributed by atoms with Crippen molar-refractivity contribution >= 4 is 0 Å². The normalized spacial score (nSPS) is 12.8. The topological polar surface area (TPSA) is 20.2 Å². The first-order chi connectivity index (χ1) is 13.9. The van der Waals surface area contributed by atoms with Crippen molar-refractivity contribution in [3.05, 3.63) is 89.5 Å². The van der Waals surface area contributed by atoms with Gasteiger partial charge in [0.05, 0.1) is 0 Å². The van der Waals surface area contributed by atoms with Crippen molar-refractivity contribution in [3.8, 4) is 16.9 Å². The molecule has 0 atom stereocenters. The zero-order valence-corrected chi connectivity index (χ0v) is 19.6. The van der Waals surface area contributed by atoms with Gasteiger partial charge in [-0.05, 0) is 40.0 Å². The predicted molar refractivity (Wildman–Crippen MR) is 129 cm³/mol. The monoisotopic (exact) mass is 400 g/mol. The number of phenols is 1. The van der Waals surface area contributed by atoms with Crippen LogP contribution in [0.4, 0.5) is 0 Å². The van der Waals surface area contributed by atoms with Gasteiger partial charge in [0.15, 0.2) is 0 Å². The fraction of sp³-hybridized carbons (Fsp3) is 0.379. The highest BCUT2D eigenvalue weighted by Crippen LogP contribution is 2.46. The molecule has 3 rings (SSSR count). The van der Waals surface area contributed by atoms with E-state index in [9.17, 15) is 5.11 Å². The third-order valence-electron chi connectivity index (χ3n) is 6.12. The maximum Gasteiger partial charge on any atom is 0.127 e. The van der Waals surface area contributed by atoms with Crippen LogP contribution in [0.5, 0.6) is 5.75 Å². The van der Waals surface area contributed by atoms with Crippen LogP contribution >= 0.6 is 0 Å². The average Bonchev–Trinajstić information content (AvgIpc) is 2.67. The van der Waals surface area contributed by atoms with Crippen LogP contribution in [0.1, 0.15) is 71.6 Å². The lowest BCUT2D eigenvalue weighted by atomic mass is 9.69. The minimum Gasteiger partial charge on any atom is -0.507 e. The highest BCUT2D eigenvalue weighted by atomic mass is 16.3. The van der Waals surface area contributed by atoms with Gasteiger partial charge < -0.3 is 5.11 Å². The Hall–Kier alpha value is -2.54. The molecule has 0 fully saturated rings. The smallest absolute Gasteiger partial charge is 0.127 e. The van der Waals surface area contributed by atoms with Crippen molar-refractivity contribution in [2.24, 2.45) is 5.41 Å². The van der Waals surface area contributed by atoms with E-state index >= 15 is 0 Å². The molecule has 1 heteroatoms. The van der Waals surface area contributed by atoms with E-state index in [1.54, 1.807) is 0 Å². The maximum atomic E-state index is 11.5. The Kier molecular flexibility index (Phi) is 5.87. The summed E-state index contributed by atoms with van der Waals surface area (Å²) in [5.74, 6) is 0.380. The molecule has 0 aliphatic heterocycles. The number of rotatable bonds is 5. The summed E-state index contributed by atoms with van der Waals surface area (Å²) in [6.45, 7) is 15.9. The summed E-state index contributed by atoms with van der Waals surface area (Å²) >= 11 is 0. The lowest BCUT2D eigenvalue weighted by Crippen LogP contribution is -2.26. The maximum absolute atomic E-state index is 11.5. The van der Waals surface area contributed by atoms with Crippen LogP contribution in [-0.4, -0.2) is 5.11 Å². The minimum absolute atomic E-state index is 0.0169. The van der Waals surface area contributed by atoms with E-state index in [2.05, 4.69) is 97.0 Å². The molecule has 30 heavy (non-hydrogen) atoms. The van der Waals surface area contributed by atoms with Crippen molar-refractivity contribution in [1.29, 1.82) is 0 Å². The summed E-state index contributed by atoms with van der Waals surface area (Å²) < 4.78 is 0. The Morgan fingerprint density at radius 1 is 0.667 bits per heavy atom. The molecule has 3 aromatic rings. The summed E-state index contributed by atoms with van der Waals surface area (Å²) in [4.78, 5) is 0. The summed E-state index contributed by atoms with van der Waals surface area (Å²) in [5, 5.41) is 11.5. The molecule has 0 saturated heterocycles. The molecule has 0 aliphatic carbocycles. The first-order valence-corrected chi connectivity index (χ1v) is 10.9. The average molecular weight is 401 g/mol. The zero-order chi connectivity index (χ0) is 22.2. The molecular formula is C29H36O. The van der Waals surface area contributed by atoms with Crippen LogP contribution in [-0.2, 0) is 10.8 Å². The zero-order valence-electron chi connectivity index (χ0n) is 19.6. The molecule has 158 valence electrons. The molecule has 0 aliphatic rings. The molecule has 0 spiro atoms. The van der Waals surface area contributed by atoms with Crippen LogP contribution in [0.3, 0.4) is 0 Å². The largest absolute Gasteiger partial charge is 0.507 e. The molecular weight excluding hydrogens is 364 g/mol. The van der Waals surface area contributed by atoms with Crippen molar-refractivity contribution < 1.29 is 5.11 Å². The molecule has 0 saturated carbocycles. The fourth-order valence-corrected chi connectivity index (χ4v) is 4.78. The highest BCUT2D eigenvalue weighted by molar-refractivity contribution is 5.74. The van der Waals surface area contributed by atoms with Crippen LogP contribution in [0, 0.1) is 5.41 Å². The van der Waals surface area contributed by atoms with Gasteiger partial charge in [-0.3, -0.25) is 0 Å².